The minimum absolute atomic E-state index is 0.0299. The normalized spacial score (nSPS) is 32.1. The van der Waals surface area contributed by atoms with Gasteiger partial charge < -0.3 is 10.2 Å². The molecule has 0 aromatic carbocycles. The molecule has 0 radical (unpaired) electrons. The van der Waals surface area contributed by atoms with Gasteiger partial charge in [0.1, 0.15) is 0 Å². The highest BCUT2D eigenvalue weighted by molar-refractivity contribution is 7.96. The van der Waals surface area contributed by atoms with E-state index < -0.39 is 32.0 Å². The second kappa shape index (κ2) is 12.6. The fraction of sp³-hybridized carbons (Fsp3) is 0.677. The van der Waals surface area contributed by atoms with Crippen molar-refractivity contribution in [1.29, 1.82) is 0 Å². The minimum Gasteiger partial charge on any atom is -0.393 e. The third kappa shape index (κ3) is 7.13. The van der Waals surface area contributed by atoms with Crippen LogP contribution in [0.25, 0.3) is 0 Å². The van der Waals surface area contributed by atoms with E-state index >= 15 is 0 Å². The maximum absolute atomic E-state index is 14.6. The predicted molar refractivity (Wildman–Crippen MR) is 152 cm³/mol. The summed E-state index contributed by atoms with van der Waals surface area (Å²) in [5.74, 6) is 0.409. The summed E-state index contributed by atoms with van der Waals surface area (Å²) in [5.41, 5.74) is 4.22. The highest BCUT2D eigenvalue weighted by Gasteiger charge is 2.46. The Balaban J connectivity index is 0.00000153. The highest BCUT2D eigenvalue weighted by Crippen LogP contribution is 2.57. The van der Waals surface area contributed by atoms with Gasteiger partial charge in [0.15, 0.2) is 0 Å². The van der Waals surface area contributed by atoms with Gasteiger partial charge in [0.25, 0.3) is 0 Å². The van der Waals surface area contributed by atoms with E-state index in [-0.39, 0.29) is 11.3 Å². The summed E-state index contributed by atoms with van der Waals surface area (Å²) in [5, 5.41) is 19.1. The molecular formula is C31H49FO4S. The lowest BCUT2D eigenvalue weighted by atomic mass is 9.62. The van der Waals surface area contributed by atoms with Crippen LogP contribution in [0, 0.1) is 17.3 Å². The van der Waals surface area contributed by atoms with Crippen LogP contribution in [-0.4, -0.2) is 35.6 Å². The molecular weight excluding hydrogens is 487 g/mol. The Morgan fingerprint density at radius 1 is 1.27 bits per heavy atom. The molecule has 2 fully saturated rings. The Hall–Kier alpha value is -1.50. The van der Waals surface area contributed by atoms with Crippen molar-refractivity contribution in [2.45, 2.75) is 117 Å². The van der Waals surface area contributed by atoms with E-state index in [4.69, 9.17) is 0 Å². The lowest BCUT2D eigenvalue weighted by molar-refractivity contribution is 0.0862. The fourth-order valence-electron chi connectivity index (χ4n) is 5.88. The molecule has 0 aromatic heterocycles. The maximum Gasteiger partial charge on any atom is 0.211 e. The Kier molecular flexibility index (Phi) is 10.8. The Bertz CT molecular complexity index is 1060. The number of aliphatic hydroxyl groups is 2. The number of fused-ring (bicyclic) bond motifs is 1. The monoisotopic (exact) mass is 536 g/mol. The van der Waals surface area contributed by atoms with Crippen LogP contribution in [0.1, 0.15) is 99.8 Å². The van der Waals surface area contributed by atoms with Gasteiger partial charge in [0, 0.05) is 6.42 Å². The van der Waals surface area contributed by atoms with E-state index in [0.717, 1.165) is 31.3 Å². The van der Waals surface area contributed by atoms with Gasteiger partial charge in [-0.15, -0.1) is 0 Å². The van der Waals surface area contributed by atoms with Crippen LogP contribution in [-0.2, 0) is 9.84 Å². The quantitative estimate of drug-likeness (QED) is 0.357. The van der Waals surface area contributed by atoms with Crippen molar-refractivity contribution >= 4 is 9.84 Å². The van der Waals surface area contributed by atoms with Crippen LogP contribution in [0.5, 0.6) is 0 Å². The van der Waals surface area contributed by atoms with Gasteiger partial charge in [-0.1, -0.05) is 70.1 Å². The molecule has 2 N–H and O–H groups in total. The summed E-state index contributed by atoms with van der Waals surface area (Å²) >= 11 is 0. The fourth-order valence-corrected chi connectivity index (χ4v) is 6.78. The molecule has 3 aliphatic carbocycles. The summed E-state index contributed by atoms with van der Waals surface area (Å²) in [7, 11) is -3.96. The number of halogens is 1. The number of aliphatic hydroxyl groups excluding tert-OH is 2. The molecule has 3 aliphatic rings. The first-order valence-corrected chi connectivity index (χ1v) is 15.3. The summed E-state index contributed by atoms with van der Waals surface area (Å²) in [4.78, 5) is 0. The number of hydrogen-bond donors (Lipinski definition) is 2. The zero-order valence-electron chi connectivity index (χ0n) is 24.0. The lowest BCUT2D eigenvalue weighted by Gasteiger charge is -2.42. The van der Waals surface area contributed by atoms with Crippen molar-refractivity contribution in [3.05, 3.63) is 58.3 Å². The molecule has 0 amide bonds. The molecule has 0 aromatic rings. The van der Waals surface area contributed by atoms with Gasteiger partial charge in [-0.25, -0.2) is 8.42 Å². The minimum atomic E-state index is -3.96. The number of sulfone groups is 1. The van der Waals surface area contributed by atoms with Crippen LogP contribution >= 0.6 is 0 Å². The largest absolute Gasteiger partial charge is 0.393 e. The van der Waals surface area contributed by atoms with Crippen molar-refractivity contribution < 1.29 is 23.0 Å². The Morgan fingerprint density at radius 2 is 1.89 bits per heavy atom. The van der Waals surface area contributed by atoms with Crippen molar-refractivity contribution in [3.63, 3.8) is 0 Å². The summed E-state index contributed by atoms with van der Waals surface area (Å²) in [6.07, 6.45) is 13.0. The first-order chi connectivity index (χ1) is 17.1. The van der Waals surface area contributed by atoms with E-state index in [1.807, 2.05) is 6.08 Å². The molecule has 210 valence electrons. The average molecular weight is 537 g/mol. The Labute approximate surface area is 225 Å². The molecule has 5 atom stereocenters. The van der Waals surface area contributed by atoms with Crippen LogP contribution < -0.4 is 0 Å². The number of rotatable bonds is 5. The molecule has 0 spiro atoms. The van der Waals surface area contributed by atoms with Crippen LogP contribution in [0.4, 0.5) is 4.39 Å². The highest BCUT2D eigenvalue weighted by atomic mass is 32.2. The molecule has 2 unspecified atom stereocenters. The van der Waals surface area contributed by atoms with Gasteiger partial charge in [-0.3, -0.25) is 0 Å². The third-order valence-corrected chi connectivity index (χ3v) is 10.4. The topological polar surface area (TPSA) is 74.6 Å². The summed E-state index contributed by atoms with van der Waals surface area (Å²) in [6, 6.07) is 0. The smallest absolute Gasteiger partial charge is 0.211 e. The van der Waals surface area contributed by atoms with Gasteiger partial charge in [0.05, 0.1) is 17.0 Å². The molecule has 6 heteroatoms. The van der Waals surface area contributed by atoms with E-state index in [2.05, 4.69) is 46.4 Å². The zero-order valence-corrected chi connectivity index (χ0v) is 24.8. The van der Waals surface area contributed by atoms with Crippen LogP contribution in [0.15, 0.2) is 58.3 Å². The van der Waals surface area contributed by atoms with E-state index in [0.29, 0.717) is 30.8 Å². The van der Waals surface area contributed by atoms with E-state index in [1.54, 1.807) is 0 Å². The maximum atomic E-state index is 14.6. The standard InChI is InChI=1S/C28H41FO4S.C3H8/c1-18(9-14-26(29)34(32,33)27(3,4)5)23-12-13-24-20(8-7-15-28(23,24)6)10-11-21-16-22(30)17-25(31)19(21)2;1-3-2/h10-12,14,18,22,24-25,30-31H,2,7-9,13,15-17H2,1,3-6H3;3H2,1-2H3/b20-10+,21-11-,26-14+;/t18-,22?,24+,25-,28?;/m1./s1. The zero-order chi connectivity index (χ0) is 28.2. The summed E-state index contributed by atoms with van der Waals surface area (Å²) in [6.45, 7) is 17.1. The van der Waals surface area contributed by atoms with Crippen molar-refractivity contribution in [2.24, 2.45) is 17.3 Å². The van der Waals surface area contributed by atoms with Crippen molar-refractivity contribution in [1.82, 2.24) is 0 Å². The molecule has 0 saturated heterocycles. The van der Waals surface area contributed by atoms with E-state index in [9.17, 15) is 23.0 Å². The first kappa shape index (κ1) is 31.7. The lowest BCUT2D eigenvalue weighted by Crippen LogP contribution is -2.32. The molecule has 2 saturated carbocycles. The second-order valence-corrected chi connectivity index (χ2v) is 14.9. The molecule has 0 heterocycles. The van der Waals surface area contributed by atoms with Crippen molar-refractivity contribution in [3.8, 4) is 0 Å². The SMILES string of the molecule is C=C1/C(=C\C=C2/CCCC3(C)C([C@H](C)C/C=C(\F)S(=O)(=O)C(C)(C)C)=CC[C@@H]23)CC(O)C[C@H]1O.CCC. The number of allylic oxidation sites excluding steroid dienone is 6. The predicted octanol–water partition coefficient (Wildman–Crippen LogP) is 7.51. The third-order valence-electron chi connectivity index (χ3n) is 8.10. The molecule has 4 nitrogen and oxygen atoms in total. The number of hydrogen-bond acceptors (Lipinski definition) is 4. The van der Waals surface area contributed by atoms with E-state index in [1.165, 1.54) is 44.4 Å². The van der Waals surface area contributed by atoms with Crippen LogP contribution in [0.3, 0.4) is 0 Å². The first-order valence-electron chi connectivity index (χ1n) is 13.9. The molecule has 0 aliphatic heterocycles. The van der Waals surface area contributed by atoms with Gasteiger partial charge >= 0.3 is 0 Å². The van der Waals surface area contributed by atoms with Crippen molar-refractivity contribution in [2.75, 3.05) is 0 Å². The molecule has 3 rings (SSSR count). The summed E-state index contributed by atoms with van der Waals surface area (Å²) < 4.78 is 38.2. The van der Waals surface area contributed by atoms with Gasteiger partial charge in [-0.2, -0.15) is 4.39 Å². The second-order valence-electron chi connectivity index (χ2n) is 12.3. The Morgan fingerprint density at radius 3 is 2.49 bits per heavy atom. The molecule has 0 bridgehead atoms. The van der Waals surface area contributed by atoms with Gasteiger partial charge in [-0.05, 0) is 93.8 Å². The average Bonchev–Trinajstić information content (AvgIpc) is 3.16. The van der Waals surface area contributed by atoms with Crippen LogP contribution in [0.2, 0.25) is 0 Å². The van der Waals surface area contributed by atoms with Gasteiger partial charge in [0.2, 0.25) is 15.0 Å². The molecule has 37 heavy (non-hydrogen) atoms.